The Morgan fingerprint density at radius 2 is 2.12 bits per heavy atom. The number of nitrogens with zero attached hydrogens (tertiary/aromatic N) is 2. The van der Waals surface area contributed by atoms with E-state index in [4.69, 9.17) is 0 Å². The highest BCUT2D eigenvalue weighted by Crippen LogP contribution is 2.13. The van der Waals surface area contributed by atoms with Crippen molar-refractivity contribution in [3.05, 3.63) is 40.8 Å². The fraction of sp³-hybridized carbons (Fsp3) is 0.385. The van der Waals surface area contributed by atoms with Crippen LogP contribution in [-0.2, 0) is 0 Å². The largest absolute Gasteiger partial charge is 0.369 e. The van der Waals surface area contributed by atoms with E-state index in [1.165, 1.54) is 10.5 Å². The van der Waals surface area contributed by atoms with Crippen LogP contribution in [0, 0.1) is 5.41 Å². The first-order valence-corrected chi connectivity index (χ1v) is 5.68. The van der Waals surface area contributed by atoms with Crippen LogP contribution < -0.4 is 10.9 Å². The van der Waals surface area contributed by atoms with Crippen LogP contribution in [-0.4, -0.2) is 15.9 Å². The Morgan fingerprint density at radius 1 is 1.35 bits per heavy atom. The summed E-state index contributed by atoms with van der Waals surface area (Å²) < 4.78 is 1.53. The molecule has 0 bridgehead atoms. The molecule has 2 aromatic rings. The van der Waals surface area contributed by atoms with Crippen molar-refractivity contribution in [2.75, 3.05) is 11.9 Å². The third-order valence-corrected chi connectivity index (χ3v) is 2.37. The van der Waals surface area contributed by atoms with Gasteiger partial charge in [0.2, 0.25) is 0 Å². The van der Waals surface area contributed by atoms with Crippen LogP contribution >= 0.6 is 0 Å². The van der Waals surface area contributed by atoms with Gasteiger partial charge in [0, 0.05) is 18.8 Å². The van der Waals surface area contributed by atoms with Crippen LogP contribution in [0.1, 0.15) is 20.8 Å². The zero-order valence-electron chi connectivity index (χ0n) is 10.4. The first-order chi connectivity index (χ1) is 7.96. The smallest absolute Gasteiger partial charge is 0.259 e. The molecule has 0 saturated heterocycles. The number of pyridine rings is 1. The summed E-state index contributed by atoms with van der Waals surface area (Å²) in [6, 6.07) is 7.04. The maximum Gasteiger partial charge on any atom is 0.259 e. The van der Waals surface area contributed by atoms with Crippen LogP contribution in [0.4, 0.5) is 5.82 Å². The lowest BCUT2D eigenvalue weighted by Crippen LogP contribution is -2.22. The van der Waals surface area contributed by atoms with Crippen molar-refractivity contribution >= 4 is 11.5 Å². The van der Waals surface area contributed by atoms with Crippen LogP contribution in [0.2, 0.25) is 0 Å². The predicted octanol–water partition coefficient (Wildman–Crippen LogP) is 2.15. The highest BCUT2D eigenvalue weighted by atomic mass is 16.1. The third kappa shape index (κ3) is 2.84. The number of aromatic nitrogens is 2. The summed E-state index contributed by atoms with van der Waals surface area (Å²) >= 11 is 0. The van der Waals surface area contributed by atoms with Crippen LogP contribution in [0.3, 0.4) is 0 Å². The van der Waals surface area contributed by atoms with Gasteiger partial charge < -0.3 is 5.32 Å². The number of hydrogen-bond acceptors (Lipinski definition) is 3. The molecule has 0 amide bonds. The number of nitrogens with one attached hydrogen (secondary N) is 1. The van der Waals surface area contributed by atoms with E-state index in [1.54, 1.807) is 6.20 Å². The highest BCUT2D eigenvalue weighted by molar-refractivity contribution is 5.46. The van der Waals surface area contributed by atoms with Crippen LogP contribution in [0.5, 0.6) is 0 Å². The van der Waals surface area contributed by atoms with Crippen molar-refractivity contribution in [3.63, 3.8) is 0 Å². The molecule has 0 aliphatic heterocycles. The molecule has 0 fully saturated rings. The number of rotatable bonds is 2. The number of hydrogen-bond donors (Lipinski definition) is 1. The normalized spacial score (nSPS) is 11.7. The molecular weight excluding hydrogens is 214 g/mol. The van der Waals surface area contributed by atoms with E-state index in [9.17, 15) is 4.79 Å². The van der Waals surface area contributed by atoms with E-state index in [1.807, 2.05) is 18.2 Å². The summed E-state index contributed by atoms with van der Waals surface area (Å²) in [5.74, 6) is 0.635. The van der Waals surface area contributed by atoms with Crippen molar-refractivity contribution in [1.29, 1.82) is 0 Å². The summed E-state index contributed by atoms with van der Waals surface area (Å²) in [5.41, 5.74) is 0.757. The van der Waals surface area contributed by atoms with E-state index in [0.29, 0.717) is 11.5 Å². The van der Waals surface area contributed by atoms with Crippen molar-refractivity contribution in [3.8, 4) is 0 Å². The van der Waals surface area contributed by atoms with Gasteiger partial charge in [0.05, 0.1) is 0 Å². The van der Waals surface area contributed by atoms with Gasteiger partial charge in [-0.3, -0.25) is 9.20 Å². The highest BCUT2D eigenvalue weighted by Gasteiger charge is 2.10. The molecule has 2 aromatic heterocycles. The van der Waals surface area contributed by atoms with Gasteiger partial charge >= 0.3 is 0 Å². The summed E-state index contributed by atoms with van der Waals surface area (Å²) in [6.45, 7) is 7.18. The lowest BCUT2D eigenvalue weighted by Gasteiger charge is -2.19. The Kier molecular flexibility index (Phi) is 2.88. The summed E-state index contributed by atoms with van der Waals surface area (Å²) in [6.07, 6.45) is 1.72. The second-order valence-corrected chi connectivity index (χ2v) is 5.32. The fourth-order valence-corrected chi connectivity index (χ4v) is 1.50. The van der Waals surface area contributed by atoms with Crippen molar-refractivity contribution in [2.45, 2.75) is 20.8 Å². The van der Waals surface area contributed by atoms with Crippen molar-refractivity contribution in [1.82, 2.24) is 9.38 Å². The summed E-state index contributed by atoms with van der Waals surface area (Å²) in [4.78, 5) is 16.2. The Morgan fingerprint density at radius 3 is 2.82 bits per heavy atom. The third-order valence-electron chi connectivity index (χ3n) is 2.37. The molecule has 4 nitrogen and oxygen atoms in total. The maximum absolute atomic E-state index is 11.8. The average Bonchev–Trinajstić information content (AvgIpc) is 2.26. The van der Waals surface area contributed by atoms with Gasteiger partial charge in [-0.25, -0.2) is 4.98 Å². The molecule has 17 heavy (non-hydrogen) atoms. The fourth-order valence-electron chi connectivity index (χ4n) is 1.50. The second kappa shape index (κ2) is 4.20. The molecule has 0 radical (unpaired) electrons. The van der Waals surface area contributed by atoms with Gasteiger partial charge in [0.25, 0.3) is 5.56 Å². The Balaban J connectivity index is 2.34. The molecule has 2 rings (SSSR count). The van der Waals surface area contributed by atoms with Gasteiger partial charge in [0.15, 0.2) is 0 Å². The molecule has 0 aliphatic rings. The van der Waals surface area contributed by atoms with Gasteiger partial charge in [-0.15, -0.1) is 0 Å². The molecule has 1 N–H and O–H groups in total. The minimum Gasteiger partial charge on any atom is -0.369 e. The minimum atomic E-state index is -0.0630. The summed E-state index contributed by atoms with van der Waals surface area (Å²) in [7, 11) is 0. The SMILES string of the molecule is CC(C)(C)CNc1cc(=O)n2ccccc2n1. The number of anilines is 1. The second-order valence-electron chi connectivity index (χ2n) is 5.32. The molecule has 0 saturated carbocycles. The van der Waals surface area contributed by atoms with Gasteiger partial charge in [0.1, 0.15) is 11.5 Å². The van der Waals surface area contributed by atoms with Crippen LogP contribution in [0.15, 0.2) is 35.3 Å². The monoisotopic (exact) mass is 231 g/mol. The average molecular weight is 231 g/mol. The van der Waals surface area contributed by atoms with Gasteiger partial charge in [-0.05, 0) is 17.5 Å². The molecule has 0 atom stereocenters. The Hall–Kier alpha value is -1.84. The molecule has 0 aliphatic carbocycles. The molecule has 0 aromatic carbocycles. The topological polar surface area (TPSA) is 46.4 Å². The van der Waals surface area contributed by atoms with E-state index in [-0.39, 0.29) is 11.0 Å². The maximum atomic E-state index is 11.8. The lowest BCUT2D eigenvalue weighted by atomic mass is 9.97. The van der Waals surface area contributed by atoms with Crippen molar-refractivity contribution < 1.29 is 0 Å². The molecular formula is C13H17N3O. The molecule has 0 unspecified atom stereocenters. The van der Waals surface area contributed by atoms with Crippen LogP contribution in [0.25, 0.3) is 5.65 Å². The predicted molar refractivity (Wildman–Crippen MR) is 69.4 cm³/mol. The first kappa shape index (κ1) is 11.6. The first-order valence-electron chi connectivity index (χ1n) is 5.68. The zero-order valence-corrected chi connectivity index (χ0v) is 10.4. The standard InChI is InChI=1S/C13H17N3O/c1-13(2,3)9-14-10-8-12(17)16-7-5-4-6-11(16)15-10/h4-8,14H,9H2,1-3H3. The quantitative estimate of drug-likeness (QED) is 0.861. The van der Waals surface area contributed by atoms with E-state index in [0.717, 1.165) is 6.54 Å². The lowest BCUT2D eigenvalue weighted by molar-refractivity contribution is 0.442. The van der Waals surface area contributed by atoms with Crippen molar-refractivity contribution in [2.24, 2.45) is 5.41 Å². The molecule has 2 heterocycles. The Bertz CT molecular complexity index is 581. The molecule has 90 valence electrons. The summed E-state index contributed by atoms with van der Waals surface area (Å²) in [5, 5.41) is 3.19. The minimum absolute atomic E-state index is 0.0630. The van der Waals surface area contributed by atoms with Gasteiger partial charge in [-0.1, -0.05) is 26.8 Å². The Labute approximate surface area is 100 Å². The van der Waals surface area contributed by atoms with E-state index in [2.05, 4.69) is 31.1 Å². The molecule has 0 spiro atoms. The zero-order chi connectivity index (χ0) is 12.5. The molecule has 4 heteroatoms. The van der Waals surface area contributed by atoms with E-state index < -0.39 is 0 Å². The van der Waals surface area contributed by atoms with E-state index >= 15 is 0 Å². The number of fused-ring (bicyclic) bond motifs is 1. The van der Waals surface area contributed by atoms with Gasteiger partial charge in [-0.2, -0.15) is 0 Å².